The number of rotatable bonds is 3. The van der Waals surface area contributed by atoms with Crippen molar-refractivity contribution in [2.75, 3.05) is 10.6 Å². The second-order valence-corrected chi connectivity index (χ2v) is 8.80. The predicted molar refractivity (Wildman–Crippen MR) is 103 cm³/mol. The van der Waals surface area contributed by atoms with Crippen molar-refractivity contribution in [3.05, 3.63) is 59.2 Å². The molecule has 0 radical (unpaired) electrons. The molecular weight excluding hydrogens is 346 g/mol. The molecule has 1 saturated carbocycles. The zero-order chi connectivity index (χ0) is 19.4. The molecule has 3 nitrogen and oxygen atoms in total. The lowest BCUT2D eigenvalue weighted by Gasteiger charge is -2.27. The van der Waals surface area contributed by atoms with E-state index in [1.807, 2.05) is 18.2 Å². The Labute approximate surface area is 158 Å². The highest BCUT2D eigenvalue weighted by Gasteiger charge is 2.51. The number of anilines is 2. The van der Waals surface area contributed by atoms with Crippen LogP contribution in [-0.4, -0.2) is 11.9 Å². The fourth-order valence-electron chi connectivity index (χ4n) is 3.78. The molecule has 1 heterocycles. The van der Waals surface area contributed by atoms with Gasteiger partial charge in [0, 0.05) is 17.4 Å². The maximum absolute atomic E-state index is 13.6. The Hall–Kier alpha value is -2.43. The van der Waals surface area contributed by atoms with Gasteiger partial charge >= 0.3 is 0 Å². The lowest BCUT2D eigenvalue weighted by molar-refractivity contribution is -0.118. The van der Waals surface area contributed by atoms with Crippen LogP contribution in [0.1, 0.15) is 44.7 Å². The third-order valence-corrected chi connectivity index (χ3v) is 5.82. The Morgan fingerprint density at radius 3 is 2.48 bits per heavy atom. The van der Waals surface area contributed by atoms with Gasteiger partial charge in [-0.15, -0.1) is 0 Å². The van der Waals surface area contributed by atoms with E-state index in [4.69, 9.17) is 0 Å². The normalized spacial score (nSPS) is 20.0. The lowest BCUT2D eigenvalue weighted by Crippen LogP contribution is -2.31. The molecule has 1 aliphatic carbocycles. The molecule has 0 spiro atoms. The number of amides is 1. The van der Waals surface area contributed by atoms with Gasteiger partial charge in [0.15, 0.2) is 11.6 Å². The summed E-state index contributed by atoms with van der Waals surface area (Å²) >= 11 is 0. The van der Waals surface area contributed by atoms with Crippen LogP contribution in [0.2, 0.25) is 0 Å². The minimum atomic E-state index is -0.914. The Kier molecular flexibility index (Phi) is 4.02. The van der Waals surface area contributed by atoms with E-state index in [0.29, 0.717) is 24.4 Å². The zero-order valence-electron chi connectivity index (χ0n) is 15.8. The smallest absolute Gasteiger partial charge is 0.235 e. The number of hydrogen-bond donors (Lipinski definition) is 2. The Bertz CT molecular complexity index is 913. The molecule has 2 aromatic carbocycles. The molecule has 2 N–H and O–H groups in total. The molecule has 1 aliphatic heterocycles. The van der Waals surface area contributed by atoms with Gasteiger partial charge in [-0.1, -0.05) is 26.8 Å². The average Bonchev–Trinajstić information content (AvgIpc) is 3.29. The van der Waals surface area contributed by atoms with Gasteiger partial charge in [-0.05, 0) is 66.1 Å². The first kappa shape index (κ1) is 18.0. The van der Waals surface area contributed by atoms with Gasteiger partial charge in [0.2, 0.25) is 5.91 Å². The van der Waals surface area contributed by atoms with Crippen molar-refractivity contribution in [2.45, 2.75) is 51.5 Å². The average molecular weight is 370 g/mol. The second-order valence-electron chi connectivity index (χ2n) is 8.80. The monoisotopic (exact) mass is 370 g/mol. The third kappa shape index (κ3) is 3.20. The Morgan fingerprint density at radius 2 is 1.85 bits per heavy atom. The summed E-state index contributed by atoms with van der Waals surface area (Å²) in [6.07, 6.45) is 2.20. The van der Waals surface area contributed by atoms with Gasteiger partial charge in [0.25, 0.3) is 0 Å². The molecule has 5 heteroatoms. The van der Waals surface area contributed by atoms with Crippen LogP contribution in [-0.2, 0) is 16.6 Å². The zero-order valence-corrected chi connectivity index (χ0v) is 15.8. The van der Waals surface area contributed by atoms with Crippen LogP contribution in [0.25, 0.3) is 0 Å². The molecule has 0 bridgehead atoms. The van der Waals surface area contributed by atoms with E-state index in [-0.39, 0.29) is 11.3 Å². The molecule has 2 aliphatic rings. The maximum atomic E-state index is 13.6. The first-order valence-corrected chi connectivity index (χ1v) is 9.35. The van der Waals surface area contributed by atoms with Gasteiger partial charge < -0.3 is 10.6 Å². The van der Waals surface area contributed by atoms with Crippen LogP contribution in [0.4, 0.5) is 20.2 Å². The van der Waals surface area contributed by atoms with E-state index in [0.717, 1.165) is 29.9 Å². The fourth-order valence-corrected chi connectivity index (χ4v) is 3.78. The Morgan fingerprint density at radius 1 is 1.11 bits per heavy atom. The largest absolute Gasteiger partial charge is 0.381 e. The number of halogens is 2. The fraction of sp³-hybridized carbons (Fsp3) is 0.409. The molecule has 4 rings (SSSR count). The minimum absolute atomic E-state index is 0.146. The van der Waals surface area contributed by atoms with Crippen LogP contribution in [0.3, 0.4) is 0 Å². The number of fused-ring (bicyclic) bond motifs is 1. The molecule has 2 aromatic rings. The SMILES string of the molecule is CC(C)(C)C1Cc2cc(NC(=O)C3(c4ccc(F)c(F)c4)CC3)ccc2N1. The molecule has 0 saturated heterocycles. The topological polar surface area (TPSA) is 41.1 Å². The van der Waals surface area contributed by atoms with E-state index in [1.54, 1.807) is 0 Å². The van der Waals surface area contributed by atoms with E-state index in [2.05, 4.69) is 31.4 Å². The summed E-state index contributed by atoms with van der Waals surface area (Å²) in [5, 5.41) is 6.52. The van der Waals surface area contributed by atoms with Crippen molar-refractivity contribution in [1.29, 1.82) is 0 Å². The highest BCUT2D eigenvalue weighted by Crippen LogP contribution is 2.49. The number of nitrogens with one attached hydrogen (secondary N) is 2. The minimum Gasteiger partial charge on any atom is -0.381 e. The van der Waals surface area contributed by atoms with Crippen LogP contribution in [0, 0.1) is 17.0 Å². The van der Waals surface area contributed by atoms with Crippen molar-refractivity contribution >= 4 is 17.3 Å². The summed E-state index contributed by atoms with van der Waals surface area (Å²) in [7, 11) is 0. The van der Waals surface area contributed by atoms with E-state index in [9.17, 15) is 13.6 Å². The molecule has 1 unspecified atom stereocenters. The molecule has 0 aromatic heterocycles. The van der Waals surface area contributed by atoms with Crippen LogP contribution >= 0.6 is 0 Å². The summed E-state index contributed by atoms with van der Waals surface area (Å²) in [6.45, 7) is 6.62. The van der Waals surface area contributed by atoms with Crippen molar-refractivity contribution < 1.29 is 13.6 Å². The van der Waals surface area contributed by atoms with Crippen LogP contribution < -0.4 is 10.6 Å². The third-order valence-electron chi connectivity index (χ3n) is 5.82. The van der Waals surface area contributed by atoms with Crippen molar-refractivity contribution in [3.8, 4) is 0 Å². The number of benzene rings is 2. The van der Waals surface area contributed by atoms with E-state index >= 15 is 0 Å². The molecule has 142 valence electrons. The first-order chi connectivity index (χ1) is 12.7. The second kappa shape index (κ2) is 6.04. The van der Waals surface area contributed by atoms with Gasteiger partial charge in [-0.2, -0.15) is 0 Å². The summed E-state index contributed by atoms with van der Waals surface area (Å²) in [5.41, 5.74) is 2.96. The summed E-state index contributed by atoms with van der Waals surface area (Å²) in [6, 6.07) is 9.98. The number of hydrogen-bond acceptors (Lipinski definition) is 2. The van der Waals surface area contributed by atoms with Gasteiger partial charge in [0.1, 0.15) is 0 Å². The summed E-state index contributed by atoms with van der Waals surface area (Å²) in [4.78, 5) is 12.9. The maximum Gasteiger partial charge on any atom is 0.235 e. The lowest BCUT2D eigenvalue weighted by atomic mass is 9.85. The number of carbonyl (C=O) groups is 1. The molecular formula is C22H24F2N2O. The molecule has 1 fully saturated rings. The number of carbonyl (C=O) groups excluding carboxylic acids is 1. The molecule has 1 atom stereocenters. The van der Waals surface area contributed by atoms with E-state index < -0.39 is 17.0 Å². The van der Waals surface area contributed by atoms with Crippen molar-refractivity contribution in [2.24, 2.45) is 5.41 Å². The van der Waals surface area contributed by atoms with Crippen LogP contribution in [0.5, 0.6) is 0 Å². The highest BCUT2D eigenvalue weighted by molar-refractivity contribution is 6.01. The van der Waals surface area contributed by atoms with Gasteiger partial charge in [-0.25, -0.2) is 8.78 Å². The molecule has 1 amide bonds. The standard InChI is InChI=1S/C22H24F2N2O/c1-21(2,3)19-11-13-10-15(5-7-18(13)26-19)25-20(27)22(8-9-22)14-4-6-16(23)17(24)12-14/h4-7,10,12,19,26H,8-9,11H2,1-3H3,(H,25,27). The molecule has 27 heavy (non-hydrogen) atoms. The van der Waals surface area contributed by atoms with Crippen molar-refractivity contribution in [1.82, 2.24) is 0 Å². The summed E-state index contributed by atoms with van der Waals surface area (Å²) in [5.74, 6) is -1.97. The van der Waals surface area contributed by atoms with E-state index in [1.165, 1.54) is 11.6 Å². The van der Waals surface area contributed by atoms with Crippen molar-refractivity contribution in [3.63, 3.8) is 0 Å². The predicted octanol–water partition coefficient (Wildman–Crippen LogP) is 5.02. The quantitative estimate of drug-likeness (QED) is 0.797. The highest BCUT2D eigenvalue weighted by atomic mass is 19.2. The van der Waals surface area contributed by atoms with Gasteiger partial charge in [-0.3, -0.25) is 4.79 Å². The Balaban J connectivity index is 1.52. The summed E-state index contributed by atoms with van der Waals surface area (Å²) < 4.78 is 26.8. The van der Waals surface area contributed by atoms with Gasteiger partial charge in [0.05, 0.1) is 5.41 Å². The van der Waals surface area contributed by atoms with Crippen LogP contribution in [0.15, 0.2) is 36.4 Å². The first-order valence-electron chi connectivity index (χ1n) is 9.35.